The molecule has 0 aliphatic carbocycles. The molecule has 0 fully saturated rings. The molecule has 7 aromatic carbocycles. The van der Waals surface area contributed by atoms with Gasteiger partial charge in [0.05, 0.1) is 16.6 Å². The second-order valence-corrected chi connectivity index (χ2v) is 12.1. The van der Waals surface area contributed by atoms with Crippen LogP contribution in [0, 0.1) is 0 Å². The zero-order valence-electron chi connectivity index (χ0n) is 25.8. The van der Waals surface area contributed by atoms with Gasteiger partial charge < -0.3 is 4.57 Å². The van der Waals surface area contributed by atoms with Crippen LogP contribution in [0.25, 0.3) is 88.7 Å². The van der Waals surface area contributed by atoms with Crippen LogP contribution < -0.4 is 0 Å². The van der Waals surface area contributed by atoms with Crippen molar-refractivity contribution in [2.75, 3.05) is 0 Å². The van der Waals surface area contributed by atoms with E-state index in [1.165, 1.54) is 38.0 Å². The van der Waals surface area contributed by atoms with Crippen molar-refractivity contribution in [1.82, 2.24) is 24.1 Å². The molecule has 0 unspecified atom stereocenters. The zero-order chi connectivity index (χ0) is 31.6. The maximum Gasteiger partial charge on any atom is 0.238 e. The quantitative estimate of drug-likeness (QED) is 0.198. The summed E-state index contributed by atoms with van der Waals surface area (Å²) in [4.78, 5) is 15.0. The van der Waals surface area contributed by atoms with Crippen molar-refractivity contribution in [3.8, 4) is 34.4 Å². The van der Waals surface area contributed by atoms with E-state index < -0.39 is 0 Å². The van der Waals surface area contributed by atoms with E-state index in [1.807, 2.05) is 60.7 Å². The summed E-state index contributed by atoms with van der Waals surface area (Å²) in [7, 11) is 0. The summed E-state index contributed by atoms with van der Waals surface area (Å²) in [6.07, 6.45) is 2.08. The summed E-state index contributed by atoms with van der Waals surface area (Å²) in [6.45, 7) is 0. The van der Waals surface area contributed by atoms with Gasteiger partial charge in [0, 0.05) is 44.6 Å². The Bertz CT molecular complexity index is 2760. The van der Waals surface area contributed by atoms with Gasteiger partial charge in [0.15, 0.2) is 11.6 Å². The van der Waals surface area contributed by atoms with Crippen molar-refractivity contribution < 1.29 is 0 Å². The van der Waals surface area contributed by atoms with Crippen LogP contribution in [-0.2, 0) is 0 Å². The van der Waals surface area contributed by atoms with E-state index in [-0.39, 0.29) is 0 Å². The largest absolute Gasteiger partial charge is 0.309 e. The van der Waals surface area contributed by atoms with E-state index in [0.29, 0.717) is 17.6 Å². The summed E-state index contributed by atoms with van der Waals surface area (Å²) < 4.78 is 4.52. The summed E-state index contributed by atoms with van der Waals surface area (Å²) in [5.74, 6) is 1.87. The minimum atomic E-state index is 0.586. The van der Waals surface area contributed by atoms with Crippen LogP contribution in [0.3, 0.4) is 0 Å². The maximum absolute atomic E-state index is 5.06. The van der Waals surface area contributed by atoms with Crippen molar-refractivity contribution in [2.45, 2.75) is 0 Å². The number of rotatable bonds is 4. The molecule has 0 saturated carbocycles. The number of hydrogen-bond acceptors (Lipinski definition) is 3. The smallest absolute Gasteiger partial charge is 0.238 e. The lowest BCUT2D eigenvalue weighted by Gasteiger charge is -2.12. The van der Waals surface area contributed by atoms with Gasteiger partial charge in [-0.25, -0.2) is 4.98 Å². The highest BCUT2D eigenvalue weighted by Gasteiger charge is 2.20. The molecule has 0 amide bonds. The van der Waals surface area contributed by atoms with Gasteiger partial charge in [-0.3, -0.25) is 4.57 Å². The Morgan fingerprint density at radius 1 is 0.396 bits per heavy atom. The van der Waals surface area contributed by atoms with Crippen molar-refractivity contribution in [3.63, 3.8) is 0 Å². The van der Waals surface area contributed by atoms with Crippen LogP contribution >= 0.6 is 0 Å². The molecule has 0 radical (unpaired) electrons. The van der Waals surface area contributed by atoms with Gasteiger partial charge in [0.25, 0.3) is 0 Å². The van der Waals surface area contributed by atoms with Crippen molar-refractivity contribution >= 4 is 54.3 Å². The Balaban J connectivity index is 1.30. The Labute approximate surface area is 276 Å². The highest BCUT2D eigenvalue weighted by atomic mass is 15.2. The lowest BCUT2D eigenvalue weighted by atomic mass is 9.98. The van der Waals surface area contributed by atoms with Gasteiger partial charge in [0.1, 0.15) is 0 Å². The second-order valence-electron chi connectivity index (χ2n) is 12.1. The first kappa shape index (κ1) is 26.6. The van der Waals surface area contributed by atoms with Crippen molar-refractivity contribution in [2.24, 2.45) is 0 Å². The molecule has 0 saturated heterocycles. The summed E-state index contributed by atoms with van der Waals surface area (Å²) in [6, 6.07) is 55.3. The molecule has 0 aliphatic rings. The minimum Gasteiger partial charge on any atom is -0.309 e. The number of fused-ring (bicyclic) bond motifs is 9. The number of nitrogens with zero attached hydrogens (tertiary/aromatic N) is 5. The average Bonchev–Trinajstić information content (AvgIpc) is 3.76. The molecule has 224 valence electrons. The Hall–Kier alpha value is -6.59. The molecular formula is C43H27N5. The molecular weight excluding hydrogens is 587 g/mol. The molecule has 0 bridgehead atoms. The van der Waals surface area contributed by atoms with E-state index in [2.05, 4.69) is 112 Å². The fraction of sp³-hybridized carbons (Fsp3) is 0. The fourth-order valence-electron chi connectivity index (χ4n) is 7.24. The molecule has 0 spiro atoms. The highest BCUT2D eigenvalue weighted by Crippen LogP contribution is 2.42. The predicted octanol–water partition coefficient (Wildman–Crippen LogP) is 10.6. The normalized spacial score (nSPS) is 11.8. The first-order valence-electron chi connectivity index (χ1n) is 16.1. The lowest BCUT2D eigenvalue weighted by Crippen LogP contribution is -2.05. The van der Waals surface area contributed by atoms with Gasteiger partial charge in [-0.15, -0.1) is 0 Å². The van der Waals surface area contributed by atoms with Crippen LogP contribution in [0.15, 0.2) is 164 Å². The van der Waals surface area contributed by atoms with E-state index in [4.69, 9.17) is 15.0 Å². The number of benzene rings is 7. The molecule has 5 nitrogen and oxygen atoms in total. The molecule has 48 heavy (non-hydrogen) atoms. The van der Waals surface area contributed by atoms with Crippen molar-refractivity contribution in [1.29, 1.82) is 0 Å². The molecule has 0 aliphatic heterocycles. The Morgan fingerprint density at radius 2 is 0.958 bits per heavy atom. The van der Waals surface area contributed by atoms with Crippen LogP contribution in [-0.4, -0.2) is 24.1 Å². The van der Waals surface area contributed by atoms with E-state index in [1.54, 1.807) is 0 Å². The summed E-state index contributed by atoms with van der Waals surface area (Å²) in [5.41, 5.74) is 6.47. The summed E-state index contributed by atoms with van der Waals surface area (Å²) >= 11 is 0. The van der Waals surface area contributed by atoms with E-state index in [0.717, 1.165) is 33.1 Å². The molecule has 10 rings (SSSR count). The SMILES string of the molecule is c1ccc(-c2nc(-c3ccccc3)nc(-n3ccc4ccc5c(ccc6c5c5c7ccccc7ccc5n6-c5ccccc5)c43)n2)cc1. The predicted molar refractivity (Wildman–Crippen MR) is 197 cm³/mol. The van der Waals surface area contributed by atoms with Gasteiger partial charge in [0.2, 0.25) is 5.95 Å². The molecule has 0 N–H and O–H groups in total. The zero-order valence-corrected chi connectivity index (χ0v) is 25.8. The fourth-order valence-corrected chi connectivity index (χ4v) is 7.24. The third-order valence-electron chi connectivity index (χ3n) is 9.38. The molecule has 5 heteroatoms. The number of aromatic nitrogens is 5. The minimum absolute atomic E-state index is 0.586. The standard InChI is InChI=1S/C43H27N5/c1-4-13-30(14-5-1)41-44-42(31-15-6-2-7-16-31)46-43(45-41)47-27-26-29-20-22-34-35(40(29)47)23-25-37-39(34)38-33-19-11-10-12-28(33)21-24-36(38)48(37)32-17-8-3-9-18-32/h1-27H. The van der Waals surface area contributed by atoms with Gasteiger partial charge >= 0.3 is 0 Å². The third-order valence-corrected chi connectivity index (χ3v) is 9.38. The first-order chi connectivity index (χ1) is 23.8. The second kappa shape index (κ2) is 10.5. The third kappa shape index (κ3) is 4.01. The Morgan fingerprint density at radius 3 is 1.67 bits per heavy atom. The van der Waals surface area contributed by atoms with Crippen LogP contribution in [0.4, 0.5) is 0 Å². The monoisotopic (exact) mass is 613 g/mol. The number of para-hydroxylation sites is 1. The lowest BCUT2D eigenvalue weighted by molar-refractivity contribution is 0.935. The Kier molecular flexibility index (Phi) is 5.81. The van der Waals surface area contributed by atoms with E-state index >= 15 is 0 Å². The number of hydrogen-bond donors (Lipinski definition) is 0. The van der Waals surface area contributed by atoms with E-state index in [9.17, 15) is 0 Å². The average molecular weight is 614 g/mol. The molecule has 3 aromatic heterocycles. The van der Waals surface area contributed by atoms with Crippen molar-refractivity contribution in [3.05, 3.63) is 164 Å². The van der Waals surface area contributed by atoms with Gasteiger partial charge in [-0.05, 0) is 46.5 Å². The first-order valence-corrected chi connectivity index (χ1v) is 16.1. The van der Waals surface area contributed by atoms with Crippen LogP contribution in [0.5, 0.6) is 0 Å². The van der Waals surface area contributed by atoms with Gasteiger partial charge in [-0.1, -0.05) is 127 Å². The van der Waals surface area contributed by atoms with Gasteiger partial charge in [-0.2, -0.15) is 9.97 Å². The summed E-state index contributed by atoms with van der Waals surface area (Å²) in [5, 5.41) is 8.43. The highest BCUT2D eigenvalue weighted by molar-refractivity contribution is 6.30. The molecule has 10 aromatic rings. The maximum atomic E-state index is 5.06. The topological polar surface area (TPSA) is 48.5 Å². The molecule has 0 atom stereocenters. The van der Waals surface area contributed by atoms with Crippen LogP contribution in [0.1, 0.15) is 0 Å². The van der Waals surface area contributed by atoms with Crippen LogP contribution in [0.2, 0.25) is 0 Å². The molecule has 3 heterocycles.